The van der Waals surface area contributed by atoms with Crippen LogP contribution in [-0.4, -0.2) is 18.8 Å². The SMILES string of the molecule is Cc1ccccc1NC1CCOC1C. The molecule has 0 amide bonds. The third-order valence-electron chi connectivity index (χ3n) is 2.86. The van der Waals surface area contributed by atoms with Gasteiger partial charge in [-0.1, -0.05) is 18.2 Å². The Bertz CT molecular complexity index is 311. The van der Waals surface area contributed by atoms with Gasteiger partial charge in [0.15, 0.2) is 0 Å². The van der Waals surface area contributed by atoms with E-state index in [4.69, 9.17) is 4.74 Å². The first kappa shape index (κ1) is 9.53. The number of benzene rings is 1. The number of anilines is 1. The summed E-state index contributed by atoms with van der Waals surface area (Å²) in [5.41, 5.74) is 2.53. The van der Waals surface area contributed by atoms with Gasteiger partial charge in [0.1, 0.15) is 0 Å². The predicted octanol–water partition coefficient (Wildman–Crippen LogP) is 2.58. The molecule has 1 aliphatic heterocycles. The highest BCUT2D eigenvalue weighted by molar-refractivity contribution is 5.51. The molecule has 2 heteroatoms. The zero-order chi connectivity index (χ0) is 9.97. The molecule has 2 rings (SSSR count). The van der Waals surface area contributed by atoms with Crippen molar-refractivity contribution in [1.82, 2.24) is 0 Å². The van der Waals surface area contributed by atoms with Gasteiger partial charge < -0.3 is 10.1 Å². The molecule has 2 nitrogen and oxygen atoms in total. The average molecular weight is 191 g/mol. The second-order valence-electron chi connectivity index (χ2n) is 3.93. The first-order valence-corrected chi connectivity index (χ1v) is 5.21. The van der Waals surface area contributed by atoms with Crippen LogP contribution in [0.4, 0.5) is 5.69 Å². The summed E-state index contributed by atoms with van der Waals surface area (Å²) < 4.78 is 5.51. The van der Waals surface area contributed by atoms with E-state index in [0.717, 1.165) is 13.0 Å². The van der Waals surface area contributed by atoms with E-state index in [9.17, 15) is 0 Å². The van der Waals surface area contributed by atoms with Crippen molar-refractivity contribution in [3.63, 3.8) is 0 Å². The molecule has 2 unspecified atom stereocenters. The van der Waals surface area contributed by atoms with E-state index in [0.29, 0.717) is 12.1 Å². The maximum absolute atomic E-state index is 5.51. The van der Waals surface area contributed by atoms with Crippen molar-refractivity contribution in [2.45, 2.75) is 32.4 Å². The quantitative estimate of drug-likeness (QED) is 0.775. The van der Waals surface area contributed by atoms with Crippen LogP contribution in [0.1, 0.15) is 18.9 Å². The number of hydrogen-bond donors (Lipinski definition) is 1. The molecule has 1 aliphatic rings. The van der Waals surface area contributed by atoms with E-state index in [2.05, 4.69) is 43.4 Å². The van der Waals surface area contributed by atoms with Gasteiger partial charge in [-0.3, -0.25) is 0 Å². The van der Waals surface area contributed by atoms with Crippen molar-refractivity contribution < 1.29 is 4.74 Å². The Labute approximate surface area is 85.3 Å². The van der Waals surface area contributed by atoms with Crippen molar-refractivity contribution in [2.24, 2.45) is 0 Å². The van der Waals surface area contributed by atoms with E-state index in [1.54, 1.807) is 0 Å². The maximum atomic E-state index is 5.51. The molecule has 1 aromatic rings. The number of aryl methyl sites for hydroxylation is 1. The lowest BCUT2D eigenvalue weighted by Gasteiger charge is -2.18. The van der Waals surface area contributed by atoms with Gasteiger partial charge in [0, 0.05) is 12.3 Å². The molecule has 1 N–H and O–H groups in total. The number of nitrogens with one attached hydrogen (secondary N) is 1. The molecule has 1 heterocycles. The van der Waals surface area contributed by atoms with Crippen LogP contribution < -0.4 is 5.32 Å². The number of hydrogen-bond acceptors (Lipinski definition) is 2. The maximum Gasteiger partial charge on any atom is 0.0748 e. The van der Waals surface area contributed by atoms with Gasteiger partial charge in [0.2, 0.25) is 0 Å². The van der Waals surface area contributed by atoms with Crippen molar-refractivity contribution in [3.8, 4) is 0 Å². The van der Waals surface area contributed by atoms with Crippen LogP contribution in [0.25, 0.3) is 0 Å². The third-order valence-corrected chi connectivity index (χ3v) is 2.86. The lowest BCUT2D eigenvalue weighted by atomic mass is 10.1. The molecule has 0 aliphatic carbocycles. The van der Waals surface area contributed by atoms with Gasteiger partial charge in [-0.25, -0.2) is 0 Å². The van der Waals surface area contributed by atoms with Gasteiger partial charge in [0.25, 0.3) is 0 Å². The average Bonchev–Trinajstić information content (AvgIpc) is 2.56. The Morgan fingerprint density at radius 1 is 1.36 bits per heavy atom. The van der Waals surface area contributed by atoms with Crippen LogP contribution in [-0.2, 0) is 4.74 Å². The molecule has 1 fully saturated rings. The first-order valence-electron chi connectivity index (χ1n) is 5.21. The smallest absolute Gasteiger partial charge is 0.0748 e. The van der Waals surface area contributed by atoms with E-state index >= 15 is 0 Å². The fraction of sp³-hybridized carbons (Fsp3) is 0.500. The fourth-order valence-electron chi connectivity index (χ4n) is 1.86. The zero-order valence-corrected chi connectivity index (χ0v) is 8.79. The highest BCUT2D eigenvalue weighted by atomic mass is 16.5. The van der Waals surface area contributed by atoms with Crippen LogP contribution in [0.2, 0.25) is 0 Å². The molecule has 0 saturated carbocycles. The predicted molar refractivity (Wildman–Crippen MR) is 58.6 cm³/mol. The molecule has 1 saturated heterocycles. The fourth-order valence-corrected chi connectivity index (χ4v) is 1.86. The molecule has 0 radical (unpaired) electrons. The lowest BCUT2D eigenvalue weighted by molar-refractivity contribution is 0.121. The molecule has 14 heavy (non-hydrogen) atoms. The van der Waals surface area contributed by atoms with Crippen molar-refractivity contribution in [1.29, 1.82) is 0 Å². The molecular weight excluding hydrogens is 174 g/mol. The minimum atomic E-state index is 0.328. The molecule has 76 valence electrons. The zero-order valence-electron chi connectivity index (χ0n) is 8.79. The standard InChI is InChI=1S/C12H17NO/c1-9-5-3-4-6-11(9)13-12-7-8-14-10(12)2/h3-6,10,12-13H,7-8H2,1-2H3. The van der Waals surface area contributed by atoms with Crippen molar-refractivity contribution in [3.05, 3.63) is 29.8 Å². The van der Waals surface area contributed by atoms with E-state index in [1.807, 2.05) is 0 Å². The summed E-state index contributed by atoms with van der Waals surface area (Å²) in [6, 6.07) is 8.85. The first-order chi connectivity index (χ1) is 6.77. The van der Waals surface area contributed by atoms with E-state index in [1.165, 1.54) is 11.3 Å². The summed E-state index contributed by atoms with van der Waals surface area (Å²) in [5, 5.41) is 3.53. The monoisotopic (exact) mass is 191 g/mol. The van der Waals surface area contributed by atoms with E-state index < -0.39 is 0 Å². The topological polar surface area (TPSA) is 21.3 Å². The second-order valence-corrected chi connectivity index (χ2v) is 3.93. The summed E-state index contributed by atoms with van der Waals surface area (Å²) in [5.74, 6) is 0. The number of para-hydroxylation sites is 1. The van der Waals surface area contributed by atoms with Gasteiger partial charge >= 0.3 is 0 Å². The molecule has 2 atom stereocenters. The molecular formula is C12H17NO. The Hall–Kier alpha value is -1.02. The number of rotatable bonds is 2. The van der Waals surface area contributed by atoms with Crippen LogP contribution in [0.15, 0.2) is 24.3 Å². The Morgan fingerprint density at radius 3 is 2.79 bits per heavy atom. The second kappa shape index (κ2) is 4.01. The van der Waals surface area contributed by atoms with Crippen molar-refractivity contribution >= 4 is 5.69 Å². The lowest BCUT2D eigenvalue weighted by Crippen LogP contribution is -2.26. The van der Waals surface area contributed by atoms with Crippen LogP contribution in [0.3, 0.4) is 0 Å². The third kappa shape index (κ3) is 1.90. The minimum Gasteiger partial charge on any atom is -0.379 e. The summed E-state index contributed by atoms with van der Waals surface area (Å²) in [4.78, 5) is 0. The molecule has 0 spiro atoms. The summed E-state index contributed by atoms with van der Waals surface area (Å²) >= 11 is 0. The van der Waals surface area contributed by atoms with Gasteiger partial charge in [-0.05, 0) is 31.9 Å². The highest BCUT2D eigenvalue weighted by Gasteiger charge is 2.23. The van der Waals surface area contributed by atoms with Gasteiger partial charge in [-0.2, -0.15) is 0 Å². The Balaban J connectivity index is 2.07. The molecule has 0 aromatic heterocycles. The Morgan fingerprint density at radius 2 is 2.14 bits per heavy atom. The summed E-state index contributed by atoms with van der Waals surface area (Å²) in [6.07, 6.45) is 1.43. The van der Waals surface area contributed by atoms with Crippen LogP contribution in [0.5, 0.6) is 0 Å². The summed E-state index contributed by atoms with van der Waals surface area (Å²) in [7, 11) is 0. The Kier molecular flexibility index (Phi) is 2.73. The largest absolute Gasteiger partial charge is 0.379 e. The minimum absolute atomic E-state index is 0.328. The van der Waals surface area contributed by atoms with E-state index in [-0.39, 0.29) is 0 Å². The summed E-state index contributed by atoms with van der Waals surface area (Å²) in [6.45, 7) is 5.14. The van der Waals surface area contributed by atoms with Gasteiger partial charge in [0.05, 0.1) is 12.1 Å². The highest BCUT2D eigenvalue weighted by Crippen LogP contribution is 2.21. The van der Waals surface area contributed by atoms with Gasteiger partial charge in [-0.15, -0.1) is 0 Å². The van der Waals surface area contributed by atoms with Crippen molar-refractivity contribution in [2.75, 3.05) is 11.9 Å². The molecule has 1 aromatic carbocycles. The molecule has 0 bridgehead atoms. The van der Waals surface area contributed by atoms with Crippen LogP contribution in [0, 0.1) is 6.92 Å². The van der Waals surface area contributed by atoms with Crippen LogP contribution >= 0.6 is 0 Å². The number of ether oxygens (including phenoxy) is 1. The normalized spacial score (nSPS) is 26.4.